The Hall–Kier alpha value is -1.51. The number of benzene rings is 1. The van der Waals surface area contributed by atoms with Crippen LogP contribution in [0.15, 0.2) is 33.5 Å². The summed E-state index contributed by atoms with van der Waals surface area (Å²) in [4.78, 5) is 11.7. The van der Waals surface area contributed by atoms with Gasteiger partial charge < -0.3 is 4.42 Å². The molecule has 0 unspecified atom stereocenters. The number of oxazole rings is 1. The van der Waals surface area contributed by atoms with E-state index in [-0.39, 0.29) is 5.76 Å². The molecular formula is C14H19NO2. The number of rotatable bonds is 3. The van der Waals surface area contributed by atoms with Crippen LogP contribution >= 0.6 is 0 Å². The maximum absolute atomic E-state index is 11.7. The van der Waals surface area contributed by atoms with Crippen LogP contribution in [-0.2, 0) is 6.54 Å². The lowest BCUT2D eigenvalue weighted by molar-refractivity contribution is 0.350. The van der Waals surface area contributed by atoms with Gasteiger partial charge in [-0.2, -0.15) is 0 Å². The van der Waals surface area contributed by atoms with Gasteiger partial charge in [-0.05, 0) is 30.4 Å². The topological polar surface area (TPSA) is 35.1 Å². The zero-order valence-corrected chi connectivity index (χ0v) is 10.7. The molecule has 0 bridgehead atoms. The van der Waals surface area contributed by atoms with Crippen molar-refractivity contribution in [3.05, 3.63) is 34.8 Å². The molecule has 3 heteroatoms. The van der Waals surface area contributed by atoms with Crippen LogP contribution in [0.4, 0.5) is 0 Å². The second-order valence-corrected chi connectivity index (χ2v) is 5.65. The number of aryl methyl sites for hydroxylation is 1. The summed E-state index contributed by atoms with van der Waals surface area (Å²) in [5, 5.41) is 0. The highest BCUT2D eigenvalue weighted by molar-refractivity contribution is 5.72. The van der Waals surface area contributed by atoms with Gasteiger partial charge in [-0.15, -0.1) is 0 Å². The van der Waals surface area contributed by atoms with Crippen molar-refractivity contribution in [2.75, 3.05) is 0 Å². The van der Waals surface area contributed by atoms with E-state index in [1.807, 2.05) is 24.3 Å². The van der Waals surface area contributed by atoms with E-state index in [0.29, 0.717) is 11.0 Å². The van der Waals surface area contributed by atoms with E-state index in [2.05, 4.69) is 20.8 Å². The van der Waals surface area contributed by atoms with Gasteiger partial charge in [-0.25, -0.2) is 4.79 Å². The normalized spacial score (nSPS) is 12.2. The van der Waals surface area contributed by atoms with Crippen molar-refractivity contribution in [2.45, 2.75) is 40.2 Å². The van der Waals surface area contributed by atoms with Crippen LogP contribution in [0.3, 0.4) is 0 Å². The molecule has 0 aliphatic rings. The molecule has 0 amide bonds. The number of aromatic nitrogens is 1. The number of hydrogen-bond acceptors (Lipinski definition) is 2. The van der Waals surface area contributed by atoms with Crippen molar-refractivity contribution in [1.82, 2.24) is 4.57 Å². The standard InChI is InChI=1S/C14H19NO2/c1-14(2,3)9-6-10-15-11-7-4-5-8-12(11)17-13(15)16/h4-5,7-8H,6,9-10H2,1-3H3. The van der Waals surface area contributed by atoms with Crippen molar-refractivity contribution >= 4 is 11.1 Å². The summed E-state index contributed by atoms with van der Waals surface area (Å²) in [7, 11) is 0. The number of para-hydroxylation sites is 2. The summed E-state index contributed by atoms with van der Waals surface area (Å²) in [6.45, 7) is 7.36. The molecule has 92 valence electrons. The molecule has 0 aliphatic carbocycles. The minimum atomic E-state index is -0.250. The molecule has 0 spiro atoms. The fourth-order valence-electron chi connectivity index (χ4n) is 1.99. The monoisotopic (exact) mass is 233 g/mol. The second-order valence-electron chi connectivity index (χ2n) is 5.65. The van der Waals surface area contributed by atoms with Crippen molar-refractivity contribution in [3.8, 4) is 0 Å². The van der Waals surface area contributed by atoms with Crippen molar-refractivity contribution in [3.63, 3.8) is 0 Å². The molecule has 0 aliphatic heterocycles. The van der Waals surface area contributed by atoms with E-state index in [4.69, 9.17) is 4.42 Å². The molecule has 0 saturated carbocycles. The summed E-state index contributed by atoms with van der Waals surface area (Å²) < 4.78 is 6.91. The lowest BCUT2D eigenvalue weighted by Gasteiger charge is -2.17. The van der Waals surface area contributed by atoms with E-state index < -0.39 is 0 Å². The second kappa shape index (κ2) is 4.40. The smallest absolute Gasteiger partial charge is 0.408 e. The predicted octanol–water partition coefficient (Wildman–Crippen LogP) is 3.42. The van der Waals surface area contributed by atoms with Gasteiger partial charge in [0.15, 0.2) is 5.58 Å². The Kier molecular flexibility index (Phi) is 3.09. The number of fused-ring (bicyclic) bond motifs is 1. The Balaban J connectivity index is 2.19. The fourth-order valence-corrected chi connectivity index (χ4v) is 1.99. The van der Waals surface area contributed by atoms with Crippen molar-refractivity contribution < 1.29 is 4.42 Å². The van der Waals surface area contributed by atoms with E-state index in [0.717, 1.165) is 24.9 Å². The van der Waals surface area contributed by atoms with Crippen LogP contribution in [-0.4, -0.2) is 4.57 Å². The summed E-state index contributed by atoms with van der Waals surface area (Å²) in [6, 6.07) is 7.57. The summed E-state index contributed by atoms with van der Waals surface area (Å²) in [5.41, 5.74) is 1.88. The number of nitrogens with zero attached hydrogens (tertiary/aromatic N) is 1. The molecule has 0 saturated heterocycles. The van der Waals surface area contributed by atoms with Gasteiger partial charge in [-0.1, -0.05) is 32.9 Å². The largest absolute Gasteiger partial charge is 0.419 e. The van der Waals surface area contributed by atoms with E-state index in [9.17, 15) is 4.79 Å². The van der Waals surface area contributed by atoms with Crippen molar-refractivity contribution in [2.24, 2.45) is 5.41 Å². The van der Waals surface area contributed by atoms with Crippen LogP contribution in [0.5, 0.6) is 0 Å². The molecule has 2 aromatic rings. The minimum absolute atomic E-state index is 0.250. The Morgan fingerprint density at radius 3 is 2.65 bits per heavy atom. The van der Waals surface area contributed by atoms with E-state index >= 15 is 0 Å². The molecule has 2 rings (SSSR count). The fraction of sp³-hybridized carbons (Fsp3) is 0.500. The average Bonchev–Trinajstić information content (AvgIpc) is 2.54. The molecule has 1 aromatic heterocycles. The molecule has 0 atom stereocenters. The van der Waals surface area contributed by atoms with Gasteiger partial charge in [0.2, 0.25) is 0 Å². The van der Waals surface area contributed by atoms with Crippen LogP contribution in [0.2, 0.25) is 0 Å². The maximum atomic E-state index is 11.7. The Labute approximate surface area is 101 Å². The van der Waals surface area contributed by atoms with Gasteiger partial charge in [0, 0.05) is 6.54 Å². The highest BCUT2D eigenvalue weighted by Crippen LogP contribution is 2.21. The first-order valence-corrected chi connectivity index (χ1v) is 6.06. The van der Waals surface area contributed by atoms with Gasteiger partial charge in [0.05, 0.1) is 5.52 Å². The number of hydrogen-bond donors (Lipinski definition) is 0. The zero-order chi connectivity index (χ0) is 12.5. The third-order valence-electron chi connectivity index (χ3n) is 2.88. The predicted molar refractivity (Wildman–Crippen MR) is 69.2 cm³/mol. The van der Waals surface area contributed by atoms with Gasteiger partial charge in [-0.3, -0.25) is 4.57 Å². The van der Waals surface area contributed by atoms with Crippen LogP contribution in [0, 0.1) is 5.41 Å². The third kappa shape index (κ3) is 2.78. The van der Waals surface area contributed by atoms with E-state index in [1.54, 1.807) is 4.57 Å². The Morgan fingerprint density at radius 1 is 1.24 bits per heavy atom. The lowest BCUT2D eigenvalue weighted by Crippen LogP contribution is -2.15. The summed E-state index contributed by atoms with van der Waals surface area (Å²) in [5.74, 6) is -0.250. The van der Waals surface area contributed by atoms with Crippen molar-refractivity contribution in [1.29, 1.82) is 0 Å². The van der Waals surface area contributed by atoms with Crippen LogP contribution in [0.25, 0.3) is 11.1 Å². The van der Waals surface area contributed by atoms with Gasteiger partial charge in [0.1, 0.15) is 0 Å². The molecule has 1 aromatic carbocycles. The zero-order valence-electron chi connectivity index (χ0n) is 10.7. The Bertz CT molecular complexity index is 557. The molecular weight excluding hydrogens is 214 g/mol. The van der Waals surface area contributed by atoms with Crippen LogP contribution < -0.4 is 5.76 Å². The quantitative estimate of drug-likeness (QED) is 0.814. The molecule has 0 N–H and O–H groups in total. The maximum Gasteiger partial charge on any atom is 0.419 e. The highest BCUT2D eigenvalue weighted by atomic mass is 16.4. The molecule has 17 heavy (non-hydrogen) atoms. The van der Waals surface area contributed by atoms with E-state index in [1.165, 1.54) is 0 Å². The molecule has 0 fully saturated rings. The lowest BCUT2D eigenvalue weighted by atomic mass is 9.91. The molecule has 3 nitrogen and oxygen atoms in total. The SMILES string of the molecule is CC(C)(C)CCCn1c(=O)oc2ccccc21. The molecule has 0 radical (unpaired) electrons. The Morgan fingerprint density at radius 2 is 1.94 bits per heavy atom. The van der Waals surface area contributed by atoms with Crippen LogP contribution in [0.1, 0.15) is 33.6 Å². The van der Waals surface area contributed by atoms with Gasteiger partial charge in [0.25, 0.3) is 0 Å². The first-order valence-electron chi connectivity index (χ1n) is 6.06. The first kappa shape index (κ1) is 12.0. The summed E-state index contributed by atoms with van der Waals surface area (Å²) >= 11 is 0. The highest BCUT2D eigenvalue weighted by Gasteiger charge is 2.12. The third-order valence-corrected chi connectivity index (χ3v) is 2.88. The minimum Gasteiger partial charge on any atom is -0.408 e. The first-order chi connectivity index (χ1) is 7.97. The average molecular weight is 233 g/mol. The molecule has 1 heterocycles. The summed E-state index contributed by atoms with van der Waals surface area (Å²) in [6.07, 6.45) is 2.09. The van der Waals surface area contributed by atoms with Gasteiger partial charge >= 0.3 is 5.76 Å².